The van der Waals surface area contributed by atoms with Gasteiger partial charge in [0.15, 0.2) is 0 Å². The van der Waals surface area contributed by atoms with Crippen LogP contribution < -0.4 is 0 Å². The minimum Gasteiger partial charge on any atom is -0.665 e. The fourth-order valence-corrected chi connectivity index (χ4v) is 0.774. The molecule has 0 saturated heterocycles. The van der Waals surface area contributed by atoms with Crippen LogP contribution >= 0.6 is 0 Å². The van der Waals surface area contributed by atoms with Crippen molar-refractivity contribution in [2.75, 3.05) is 40.8 Å². The van der Waals surface area contributed by atoms with Gasteiger partial charge < -0.3 is 16.0 Å². The van der Waals surface area contributed by atoms with Crippen molar-refractivity contribution in [2.45, 2.75) is 40.5 Å². The predicted octanol–water partition coefficient (Wildman–Crippen LogP) is 5.56. The Hall–Kier alpha value is -0.0557. The summed E-state index contributed by atoms with van der Waals surface area (Å²) in [6, 6.07) is 8.47. The maximum atomic E-state index is 3.74. The third kappa shape index (κ3) is 33.0. The summed E-state index contributed by atoms with van der Waals surface area (Å²) in [5, 5.41) is 11.2. The van der Waals surface area contributed by atoms with Crippen LogP contribution in [0, 0.1) is 0 Å². The molecule has 0 amide bonds. The van der Waals surface area contributed by atoms with Gasteiger partial charge in [-0.15, -0.1) is 0 Å². The quantitative estimate of drug-likeness (QED) is 0.513. The molecule has 0 spiro atoms. The average Bonchev–Trinajstić information content (AvgIpc) is 3.02. The number of hydrogen-bond donors (Lipinski definition) is 0. The van der Waals surface area contributed by atoms with Gasteiger partial charge in [-0.1, -0.05) is 40.5 Å². The van der Waals surface area contributed by atoms with Crippen LogP contribution in [0.2, 0.25) is 0 Å². The van der Waals surface area contributed by atoms with Crippen LogP contribution in [0.25, 0.3) is 16.0 Å². The first-order chi connectivity index (χ1) is 9.55. The molecule has 1 aromatic carbocycles. The third-order valence-corrected chi connectivity index (χ3v) is 2.30. The molecule has 122 valence electrons. The van der Waals surface area contributed by atoms with E-state index >= 15 is 0 Å². The van der Waals surface area contributed by atoms with E-state index in [0.717, 1.165) is 19.6 Å². The van der Waals surface area contributed by atoms with E-state index in [4.69, 9.17) is 0 Å². The van der Waals surface area contributed by atoms with E-state index in [0.29, 0.717) is 5.92 Å². The molecular formula is C17H35N3Ti. The van der Waals surface area contributed by atoms with Gasteiger partial charge in [-0.05, 0) is 0 Å². The Morgan fingerprint density at radius 3 is 1.10 bits per heavy atom. The van der Waals surface area contributed by atoms with Crippen LogP contribution in [-0.4, -0.2) is 40.8 Å². The molecule has 0 fully saturated rings. The maximum absolute atomic E-state index is 3.74. The fraction of sp³-hybridized carbons (Fsp3) is 0.706. The molecule has 0 aliphatic rings. The van der Waals surface area contributed by atoms with Crippen molar-refractivity contribution in [1.82, 2.24) is 0 Å². The first-order valence-electron chi connectivity index (χ1n) is 7.43. The van der Waals surface area contributed by atoms with Gasteiger partial charge in [0.2, 0.25) is 0 Å². The summed E-state index contributed by atoms with van der Waals surface area (Å²) in [6.45, 7) is 13.3. The minimum absolute atomic E-state index is 0. The molecule has 0 unspecified atom stereocenters. The second kappa shape index (κ2) is 28.2. The van der Waals surface area contributed by atoms with Gasteiger partial charge in [0.05, 0.1) is 0 Å². The van der Waals surface area contributed by atoms with E-state index in [1.807, 2.05) is 20.8 Å². The van der Waals surface area contributed by atoms with Crippen LogP contribution in [-0.2, 0) is 21.7 Å². The second-order valence-electron chi connectivity index (χ2n) is 4.27. The van der Waals surface area contributed by atoms with E-state index in [9.17, 15) is 0 Å². The van der Waals surface area contributed by atoms with Crippen LogP contribution in [0.5, 0.6) is 0 Å². The molecule has 1 rings (SSSR count). The van der Waals surface area contributed by atoms with Gasteiger partial charge in [-0.25, -0.2) is 12.1 Å². The van der Waals surface area contributed by atoms with Crippen molar-refractivity contribution >= 4 is 0 Å². The predicted molar refractivity (Wildman–Crippen MR) is 95.6 cm³/mol. The van der Waals surface area contributed by atoms with Crippen molar-refractivity contribution in [1.29, 1.82) is 0 Å². The summed E-state index contributed by atoms with van der Waals surface area (Å²) in [5.41, 5.74) is 1.44. The molecule has 1 aromatic rings. The fourth-order valence-electron chi connectivity index (χ4n) is 0.774. The van der Waals surface area contributed by atoms with Crippen molar-refractivity contribution in [3.8, 4) is 0 Å². The van der Waals surface area contributed by atoms with E-state index in [1.165, 1.54) is 5.56 Å². The summed E-state index contributed by atoms with van der Waals surface area (Å²) in [4.78, 5) is 0. The Balaban J connectivity index is -0.0000000973. The zero-order chi connectivity index (χ0) is 16.2. The SMILES string of the molecule is CC(C)[c-]1cccc1.CC[N-]C.CC[N-]C.CC[N-]C.[Ti+4]. The Labute approximate surface area is 148 Å². The molecule has 0 N–H and O–H groups in total. The molecule has 21 heavy (non-hydrogen) atoms. The molecular weight excluding hydrogens is 294 g/mol. The smallest absolute Gasteiger partial charge is 0.665 e. The number of hydrogen-bond acceptors (Lipinski definition) is 0. The molecule has 4 heteroatoms. The van der Waals surface area contributed by atoms with Gasteiger partial charge in [-0.3, -0.25) is 0 Å². The van der Waals surface area contributed by atoms with Crippen molar-refractivity contribution in [3.63, 3.8) is 0 Å². The van der Waals surface area contributed by atoms with Gasteiger partial charge in [0.1, 0.15) is 0 Å². The summed E-state index contributed by atoms with van der Waals surface area (Å²) >= 11 is 0. The first-order valence-corrected chi connectivity index (χ1v) is 7.43. The van der Waals surface area contributed by atoms with Crippen molar-refractivity contribution in [3.05, 3.63) is 45.8 Å². The standard InChI is InChI=1S/C8H11.3C3H8N.Ti/c1-7(2)8-5-3-4-6-8;3*1-3-4-2;/h3-7H,1-2H3;3*3H2,1-2H3;/q4*-1;+4. The molecule has 0 saturated carbocycles. The Kier molecular flexibility index (Phi) is 38.9. The van der Waals surface area contributed by atoms with Gasteiger partial charge in [0, 0.05) is 0 Å². The van der Waals surface area contributed by atoms with E-state index in [2.05, 4.69) is 54.1 Å². The number of rotatable bonds is 4. The van der Waals surface area contributed by atoms with Crippen LogP contribution in [0.1, 0.15) is 46.1 Å². The largest absolute Gasteiger partial charge is 4.00 e. The van der Waals surface area contributed by atoms with Gasteiger partial charge in [-0.2, -0.15) is 58.5 Å². The normalized spacial score (nSPS) is 8.24. The van der Waals surface area contributed by atoms with Crippen LogP contribution in [0.4, 0.5) is 0 Å². The van der Waals surface area contributed by atoms with Crippen LogP contribution in [0.3, 0.4) is 0 Å². The zero-order valence-electron chi connectivity index (χ0n) is 15.3. The maximum Gasteiger partial charge on any atom is 4.00 e. The average molecular weight is 329 g/mol. The Morgan fingerprint density at radius 1 is 0.762 bits per heavy atom. The molecule has 0 aromatic heterocycles. The van der Waals surface area contributed by atoms with Gasteiger partial charge >= 0.3 is 21.7 Å². The Bertz CT molecular complexity index is 208. The van der Waals surface area contributed by atoms with Crippen molar-refractivity contribution < 1.29 is 21.7 Å². The minimum atomic E-state index is 0. The van der Waals surface area contributed by atoms with E-state index in [1.54, 1.807) is 21.1 Å². The van der Waals surface area contributed by atoms with Crippen LogP contribution in [0.15, 0.2) is 24.3 Å². The topological polar surface area (TPSA) is 42.3 Å². The second-order valence-corrected chi connectivity index (χ2v) is 4.27. The summed E-state index contributed by atoms with van der Waals surface area (Å²) < 4.78 is 0. The molecule has 3 nitrogen and oxygen atoms in total. The molecule has 0 bridgehead atoms. The summed E-state index contributed by atoms with van der Waals surface area (Å²) in [7, 11) is 5.42. The first kappa shape index (κ1) is 29.0. The monoisotopic (exact) mass is 329 g/mol. The van der Waals surface area contributed by atoms with E-state index in [-0.39, 0.29) is 21.7 Å². The molecule has 0 aliphatic carbocycles. The molecule has 0 atom stereocenters. The third-order valence-electron chi connectivity index (χ3n) is 2.30. The van der Waals surface area contributed by atoms with E-state index < -0.39 is 0 Å². The van der Waals surface area contributed by atoms with Crippen molar-refractivity contribution in [2.24, 2.45) is 0 Å². The number of nitrogens with zero attached hydrogens (tertiary/aromatic N) is 3. The van der Waals surface area contributed by atoms with Gasteiger partial charge in [0.25, 0.3) is 0 Å². The summed E-state index contributed by atoms with van der Waals surface area (Å²) in [6.07, 6.45) is 0. The summed E-state index contributed by atoms with van der Waals surface area (Å²) in [5.74, 6) is 0.685. The molecule has 0 radical (unpaired) electrons. The molecule has 0 heterocycles. The Morgan fingerprint density at radius 2 is 1.00 bits per heavy atom. The zero-order valence-corrected chi connectivity index (χ0v) is 16.9. The molecule has 0 aliphatic heterocycles.